The second-order valence-electron chi connectivity index (χ2n) is 5.68. The zero-order chi connectivity index (χ0) is 15.5. The van der Waals surface area contributed by atoms with Gasteiger partial charge in [0.25, 0.3) is 0 Å². The molecule has 2 nitrogen and oxygen atoms in total. The average molecular weight is 298 g/mol. The first-order valence-corrected chi connectivity index (χ1v) is 7.33. The molecular weight excluding hydrogens is 282 g/mol. The Morgan fingerprint density at radius 3 is 2.41 bits per heavy atom. The van der Waals surface area contributed by atoms with E-state index in [0.29, 0.717) is 30.3 Å². The van der Waals surface area contributed by atoms with Gasteiger partial charge in [0.15, 0.2) is 0 Å². The van der Waals surface area contributed by atoms with E-state index < -0.39 is 0 Å². The SMILES string of the molecule is N#Cc1ccc(F)c(CN(Cc2ccc(F)cc2)C2CC2)c1. The van der Waals surface area contributed by atoms with Gasteiger partial charge in [0.1, 0.15) is 11.6 Å². The highest BCUT2D eigenvalue weighted by Gasteiger charge is 2.29. The molecule has 0 saturated heterocycles. The van der Waals surface area contributed by atoms with Gasteiger partial charge in [-0.15, -0.1) is 0 Å². The van der Waals surface area contributed by atoms with Gasteiger partial charge in [-0.2, -0.15) is 5.26 Å². The summed E-state index contributed by atoms with van der Waals surface area (Å²) in [4.78, 5) is 2.19. The van der Waals surface area contributed by atoms with Gasteiger partial charge in [-0.3, -0.25) is 4.90 Å². The van der Waals surface area contributed by atoms with Gasteiger partial charge in [-0.25, -0.2) is 8.78 Å². The maximum Gasteiger partial charge on any atom is 0.127 e. The molecule has 0 aromatic heterocycles. The van der Waals surface area contributed by atoms with Gasteiger partial charge >= 0.3 is 0 Å². The first-order chi connectivity index (χ1) is 10.7. The Morgan fingerprint density at radius 1 is 1.05 bits per heavy atom. The molecule has 3 rings (SSSR count). The normalized spacial score (nSPS) is 14.1. The molecule has 0 spiro atoms. The molecular formula is C18H16F2N2. The summed E-state index contributed by atoms with van der Waals surface area (Å²) in [6.45, 7) is 1.12. The second kappa shape index (κ2) is 6.25. The Bertz CT molecular complexity index is 700. The topological polar surface area (TPSA) is 27.0 Å². The average Bonchev–Trinajstić information content (AvgIpc) is 3.35. The first kappa shape index (κ1) is 14.7. The molecule has 0 bridgehead atoms. The fourth-order valence-corrected chi connectivity index (χ4v) is 2.56. The lowest BCUT2D eigenvalue weighted by Crippen LogP contribution is -2.25. The maximum atomic E-state index is 14.0. The molecule has 0 radical (unpaired) electrons. The zero-order valence-corrected chi connectivity index (χ0v) is 12.1. The lowest BCUT2D eigenvalue weighted by atomic mass is 10.1. The summed E-state index contributed by atoms with van der Waals surface area (Å²) in [5.74, 6) is -0.543. The molecule has 2 aromatic rings. The molecule has 0 heterocycles. The van der Waals surface area contributed by atoms with E-state index in [0.717, 1.165) is 18.4 Å². The molecule has 0 atom stereocenters. The van der Waals surface area contributed by atoms with Crippen LogP contribution in [0.2, 0.25) is 0 Å². The molecule has 1 saturated carbocycles. The van der Waals surface area contributed by atoms with Gasteiger partial charge in [-0.05, 0) is 48.7 Å². The Morgan fingerprint density at radius 2 is 1.77 bits per heavy atom. The standard InChI is InChI=1S/C18H16F2N2/c19-16-4-1-13(2-5-16)11-22(17-6-7-17)12-15-9-14(10-21)3-8-18(15)20/h1-5,8-9,17H,6-7,11-12H2. The van der Waals surface area contributed by atoms with Crippen LogP contribution < -0.4 is 0 Å². The largest absolute Gasteiger partial charge is 0.292 e. The number of hydrogen-bond acceptors (Lipinski definition) is 2. The second-order valence-corrected chi connectivity index (χ2v) is 5.68. The highest BCUT2D eigenvalue weighted by Crippen LogP contribution is 2.30. The summed E-state index contributed by atoms with van der Waals surface area (Å²) in [6.07, 6.45) is 2.20. The Hall–Kier alpha value is -2.25. The van der Waals surface area contributed by atoms with Gasteiger partial charge in [0.2, 0.25) is 0 Å². The Labute approximate surface area is 128 Å². The summed E-state index contributed by atoms with van der Waals surface area (Å²) in [6, 6.07) is 13.3. The number of rotatable bonds is 5. The number of nitriles is 1. The molecule has 0 aliphatic heterocycles. The minimum atomic E-state index is -0.288. The lowest BCUT2D eigenvalue weighted by molar-refractivity contribution is 0.242. The molecule has 0 amide bonds. The van der Waals surface area contributed by atoms with Gasteiger partial charge < -0.3 is 0 Å². The third-order valence-corrected chi connectivity index (χ3v) is 3.91. The molecule has 2 aromatic carbocycles. The van der Waals surface area contributed by atoms with Crippen LogP contribution in [0.15, 0.2) is 42.5 Å². The molecule has 22 heavy (non-hydrogen) atoms. The van der Waals surface area contributed by atoms with Crippen LogP contribution in [0.3, 0.4) is 0 Å². The molecule has 1 fully saturated rings. The first-order valence-electron chi connectivity index (χ1n) is 7.33. The minimum Gasteiger partial charge on any atom is -0.292 e. The van der Waals surface area contributed by atoms with Gasteiger partial charge in [-0.1, -0.05) is 12.1 Å². The van der Waals surface area contributed by atoms with Crippen molar-refractivity contribution in [2.24, 2.45) is 0 Å². The van der Waals surface area contributed by atoms with Crippen molar-refractivity contribution in [1.82, 2.24) is 4.90 Å². The van der Waals surface area contributed by atoms with Crippen molar-refractivity contribution < 1.29 is 8.78 Å². The third-order valence-electron chi connectivity index (χ3n) is 3.91. The number of hydrogen-bond donors (Lipinski definition) is 0. The maximum absolute atomic E-state index is 14.0. The zero-order valence-electron chi connectivity index (χ0n) is 12.1. The van der Waals surface area contributed by atoms with Crippen molar-refractivity contribution in [2.75, 3.05) is 0 Å². The van der Waals surface area contributed by atoms with Crippen LogP contribution in [0.5, 0.6) is 0 Å². The molecule has 0 N–H and O–H groups in total. The van der Waals surface area contributed by atoms with Crippen molar-refractivity contribution in [3.63, 3.8) is 0 Å². The predicted molar refractivity (Wildman–Crippen MR) is 79.8 cm³/mol. The highest BCUT2D eigenvalue weighted by atomic mass is 19.1. The van der Waals surface area contributed by atoms with Crippen molar-refractivity contribution in [1.29, 1.82) is 5.26 Å². The fraction of sp³-hybridized carbons (Fsp3) is 0.278. The van der Waals surface area contributed by atoms with E-state index in [1.165, 1.54) is 24.3 Å². The van der Waals surface area contributed by atoms with E-state index in [2.05, 4.69) is 4.90 Å². The van der Waals surface area contributed by atoms with Crippen molar-refractivity contribution in [3.05, 3.63) is 70.8 Å². The highest BCUT2D eigenvalue weighted by molar-refractivity contribution is 5.34. The van der Waals surface area contributed by atoms with Crippen LogP contribution in [-0.2, 0) is 13.1 Å². The van der Waals surface area contributed by atoms with E-state index in [1.807, 2.05) is 6.07 Å². The van der Waals surface area contributed by atoms with Gasteiger partial charge in [0.05, 0.1) is 11.6 Å². The third kappa shape index (κ3) is 3.49. The van der Waals surface area contributed by atoms with Crippen LogP contribution in [0.1, 0.15) is 29.5 Å². The van der Waals surface area contributed by atoms with Crippen LogP contribution in [-0.4, -0.2) is 10.9 Å². The summed E-state index contributed by atoms with van der Waals surface area (Å²) in [7, 11) is 0. The van der Waals surface area contributed by atoms with Crippen molar-refractivity contribution in [2.45, 2.75) is 32.0 Å². The van der Waals surface area contributed by atoms with Crippen LogP contribution in [0.4, 0.5) is 8.78 Å². The molecule has 0 unspecified atom stereocenters. The van der Waals surface area contributed by atoms with Crippen LogP contribution in [0, 0.1) is 23.0 Å². The lowest BCUT2D eigenvalue weighted by Gasteiger charge is -2.22. The van der Waals surface area contributed by atoms with Crippen molar-refractivity contribution >= 4 is 0 Å². The molecule has 1 aliphatic rings. The summed E-state index contributed by atoms with van der Waals surface area (Å²) < 4.78 is 26.9. The van der Waals surface area contributed by atoms with E-state index >= 15 is 0 Å². The smallest absolute Gasteiger partial charge is 0.127 e. The Kier molecular flexibility index (Phi) is 4.17. The van der Waals surface area contributed by atoms with E-state index in [1.54, 1.807) is 18.2 Å². The number of nitrogens with zero attached hydrogens (tertiary/aromatic N) is 2. The predicted octanol–water partition coefficient (Wildman–Crippen LogP) is 4.00. The van der Waals surface area contributed by atoms with Crippen molar-refractivity contribution in [3.8, 4) is 6.07 Å². The number of halogens is 2. The Balaban J connectivity index is 1.78. The monoisotopic (exact) mass is 298 g/mol. The quantitative estimate of drug-likeness (QED) is 0.834. The summed E-state index contributed by atoms with van der Waals surface area (Å²) in [5.41, 5.74) is 2.01. The fourth-order valence-electron chi connectivity index (χ4n) is 2.56. The minimum absolute atomic E-state index is 0.255. The van der Waals surface area contributed by atoms with Crippen LogP contribution in [0.25, 0.3) is 0 Å². The van der Waals surface area contributed by atoms with Gasteiger partial charge in [0, 0.05) is 24.7 Å². The van der Waals surface area contributed by atoms with E-state index in [4.69, 9.17) is 5.26 Å². The molecule has 1 aliphatic carbocycles. The summed E-state index contributed by atoms with van der Waals surface area (Å²) in [5, 5.41) is 8.95. The molecule has 4 heteroatoms. The molecule has 112 valence electrons. The van der Waals surface area contributed by atoms with E-state index in [-0.39, 0.29) is 11.6 Å². The number of benzene rings is 2. The van der Waals surface area contributed by atoms with Crippen LogP contribution >= 0.6 is 0 Å². The van der Waals surface area contributed by atoms with E-state index in [9.17, 15) is 8.78 Å². The summed E-state index contributed by atoms with van der Waals surface area (Å²) >= 11 is 0.